The van der Waals surface area contributed by atoms with Gasteiger partial charge in [-0.05, 0) is 12.1 Å². The van der Waals surface area contributed by atoms with Gasteiger partial charge < -0.3 is 9.67 Å². The van der Waals surface area contributed by atoms with Crippen LogP contribution in [0.5, 0.6) is 0 Å². The maximum atomic E-state index is 14.1. The lowest BCUT2D eigenvalue weighted by Crippen LogP contribution is -2.20. The Morgan fingerprint density at radius 3 is 2.39 bits per heavy atom. The third-order valence-electron chi connectivity index (χ3n) is 2.60. The standard InChI is InChI=1S/C12H10F2N2O2/c1-16-7-6-15-11(16)12(13,14)9-4-2-8(3-5-9)10(17)18/h2-7H,1H3,(H,17,18). The number of hydrogen-bond acceptors (Lipinski definition) is 2. The van der Waals surface area contributed by atoms with E-state index >= 15 is 0 Å². The quantitative estimate of drug-likeness (QED) is 0.911. The highest BCUT2D eigenvalue weighted by atomic mass is 19.3. The second-order valence-corrected chi connectivity index (χ2v) is 3.82. The first-order chi connectivity index (χ1) is 8.43. The zero-order chi connectivity index (χ0) is 13.3. The zero-order valence-corrected chi connectivity index (χ0v) is 9.47. The van der Waals surface area contributed by atoms with Gasteiger partial charge in [0.25, 0.3) is 0 Å². The molecule has 94 valence electrons. The number of halogens is 2. The lowest BCUT2D eigenvalue weighted by molar-refractivity contribution is 0.0299. The molecule has 0 aliphatic rings. The summed E-state index contributed by atoms with van der Waals surface area (Å²) < 4.78 is 29.4. The van der Waals surface area contributed by atoms with Crippen molar-refractivity contribution in [1.82, 2.24) is 9.55 Å². The molecule has 0 aliphatic heterocycles. The molecule has 1 N–H and O–H groups in total. The van der Waals surface area contributed by atoms with Gasteiger partial charge in [-0.2, -0.15) is 8.78 Å². The van der Waals surface area contributed by atoms with Gasteiger partial charge in [-0.1, -0.05) is 12.1 Å². The third-order valence-corrected chi connectivity index (χ3v) is 2.60. The summed E-state index contributed by atoms with van der Waals surface area (Å²) in [5, 5.41) is 8.70. The molecule has 0 aliphatic carbocycles. The number of aromatic nitrogens is 2. The summed E-state index contributed by atoms with van der Waals surface area (Å²) in [5.41, 5.74) is -0.323. The molecule has 0 fully saturated rings. The summed E-state index contributed by atoms with van der Waals surface area (Å²) in [6, 6.07) is 4.49. The van der Waals surface area contributed by atoms with Crippen LogP contribution in [-0.4, -0.2) is 20.6 Å². The minimum Gasteiger partial charge on any atom is -0.478 e. The smallest absolute Gasteiger partial charge is 0.335 e. The van der Waals surface area contributed by atoms with Gasteiger partial charge >= 0.3 is 11.9 Å². The molecule has 1 aromatic carbocycles. The number of carboxylic acids is 1. The molecular weight excluding hydrogens is 242 g/mol. The van der Waals surface area contributed by atoms with Gasteiger partial charge in [-0.25, -0.2) is 9.78 Å². The van der Waals surface area contributed by atoms with Crippen molar-refractivity contribution >= 4 is 5.97 Å². The van der Waals surface area contributed by atoms with Crippen LogP contribution in [0.2, 0.25) is 0 Å². The number of hydrogen-bond donors (Lipinski definition) is 1. The number of rotatable bonds is 3. The van der Waals surface area contributed by atoms with Crippen molar-refractivity contribution < 1.29 is 18.7 Å². The minimum absolute atomic E-state index is 0.0330. The molecule has 0 bridgehead atoms. The van der Waals surface area contributed by atoms with Crippen LogP contribution in [0.15, 0.2) is 36.7 Å². The average Bonchev–Trinajstić information content (AvgIpc) is 2.76. The SMILES string of the molecule is Cn1ccnc1C(F)(F)c1ccc(C(=O)O)cc1. The number of aryl methyl sites for hydroxylation is 1. The molecule has 0 unspecified atom stereocenters. The normalized spacial score (nSPS) is 11.5. The van der Waals surface area contributed by atoms with Crippen LogP contribution < -0.4 is 0 Å². The molecule has 2 aromatic rings. The highest BCUT2D eigenvalue weighted by molar-refractivity contribution is 5.87. The fourth-order valence-electron chi connectivity index (χ4n) is 1.62. The Bertz CT molecular complexity index is 576. The van der Waals surface area contributed by atoms with E-state index in [4.69, 9.17) is 5.11 Å². The van der Waals surface area contributed by atoms with E-state index in [-0.39, 0.29) is 17.0 Å². The lowest BCUT2D eigenvalue weighted by Gasteiger charge is -2.16. The van der Waals surface area contributed by atoms with Gasteiger partial charge in [0.2, 0.25) is 0 Å². The van der Waals surface area contributed by atoms with Crippen molar-refractivity contribution in [1.29, 1.82) is 0 Å². The van der Waals surface area contributed by atoms with Crippen molar-refractivity contribution in [3.63, 3.8) is 0 Å². The van der Waals surface area contributed by atoms with Gasteiger partial charge in [0, 0.05) is 25.0 Å². The highest BCUT2D eigenvalue weighted by Gasteiger charge is 2.38. The summed E-state index contributed by atoms with van der Waals surface area (Å²) in [6.45, 7) is 0. The Hall–Kier alpha value is -2.24. The Morgan fingerprint density at radius 2 is 1.94 bits per heavy atom. The fraction of sp³-hybridized carbons (Fsp3) is 0.167. The summed E-state index contributed by atoms with van der Waals surface area (Å²) >= 11 is 0. The van der Waals surface area contributed by atoms with Crippen molar-refractivity contribution in [3.8, 4) is 0 Å². The van der Waals surface area contributed by atoms with Crippen molar-refractivity contribution in [3.05, 3.63) is 53.6 Å². The number of benzene rings is 1. The van der Waals surface area contributed by atoms with Gasteiger partial charge in [-0.15, -0.1) is 0 Å². The van der Waals surface area contributed by atoms with E-state index in [2.05, 4.69) is 4.98 Å². The minimum atomic E-state index is -3.25. The van der Waals surface area contributed by atoms with Crippen LogP contribution in [0.4, 0.5) is 8.78 Å². The topological polar surface area (TPSA) is 55.1 Å². The highest BCUT2D eigenvalue weighted by Crippen LogP contribution is 2.34. The summed E-state index contributed by atoms with van der Waals surface area (Å²) in [6.07, 6.45) is 2.71. The van der Waals surface area contributed by atoms with Crippen LogP contribution in [0.25, 0.3) is 0 Å². The number of carboxylic acid groups (broad SMARTS) is 1. The summed E-state index contributed by atoms with van der Waals surface area (Å²) in [5.74, 6) is -4.79. The van der Waals surface area contributed by atoms with Crippen molar-refractivity contribution in [2.45, 2.75) is 5.92 Å². The number of imidazole rings is 1. The van der Waals surface area contributed by atoms with Gasteiger partial charge in [0.05, 0.1) is 5.56 Å². The number of alkyl halides is 2. The summed E-state index contributed by atoms with van der Waals surface area (Å²) in [7, 11) is 1.47. The largest absolute Gasteiger partial charge is 0.478 e. The molecule has 6 heteroatoms. The first-order valence-corrected chi connectivity index (χ1v) is 5.12. The molecule has 0 saturated carbocycles. The average molecular weight is 252 g/mol. The van der Waals surface area contributed by atoms with Gasteiger partial charge in [-0.3, -0.25) is 0 Å². The lowest BCUT2D eigenvalue weighted by atomic mass is 10.1. The van der Waals surface area contributed by atoms with E-state index in [9.17, 15) is 13.6 Å². The second-order valence-electron chi connectivity index (χ2n) is 3.82. The predicted octanol–water partition coefficient (Wildman–Crippen LogP) is 2.26. The maximum absolute atomic E-state index is 14.1. The Kier molecular flexibility index (Phi) is 2.86. The molecule has 0 amide bonds. The Balaban J connectivity index is 2.42. The van der Waals surface area contributed by atoms with Crippen LogP contribution in [0.1, 0.15) is 21.7 Å². The third kappa shape index (κ3) is 1.97. The molecule has 2 rings (SSSR count). The second kappa shape index (κ2) is 4.21. The molecule has 0 saturated heterocycles. The Labute approximate surface area is 102 Å². The van der Waals surface area contributed by atoms with Crippen molar-refractivity contribution in [2.24, 2.45) is 7.05 Å². The van der Waals surface area contributed by atoms with E-state index in [1.54, 1.807) is 0 Å². The van der Waals surface area contributed by atoms with Crippen LogP contribution in [-0.2, 0) is 13.0 Å². The van der Waals surface area contributed by atoms with Crippen LogP contribution >= 0.6 is 0 Å². The molecule has 1 heterocycles. The van der Waals surface area contributed by atoms with E-state index < -0.39 is 11.9 Å². The van der Waals surface area contributed by atoms with Gasteiger partial charge in [0.15, 0.2) is 5.82 Å². The molecule has 0 atom stereocenters. The van der Waals surface area contributed by atoms with E-state index in [0.717, 1.165) is 24.3 Å². The molecule has 0 radical (unpaired) electrons. The fourth-order valence-corrected chi connectivity index (χ4v) is 1.62. The molecule has 1 aromatic heterocycles. The van der Waals surface area contributed by atoms with Crippen molar-refractivity contribution in [2.75, 3.05) is 0 Å². The predicted molar refractivity (Wildman–Crippen MR) is 59.6 cm³/mol. The maximum Gasteiger partial charge on any atom is 0.335 e. The number of carbonyl (C=O) groups is 1. The molecule has 18 heavy (non-hydrogen) atoms. The zero-order valence-electron chi connectivity index (χ0n) is 9.47. The number of nitrogens with zero attached hydrogens (tertiary/aromatic N) is 2. The first-order valence-electron chi connectivity index (χ1n) is 5.12. The monoisotopic (exact) mass is 252 g/mol. The molecule has 0 spiro atoms. The summed E-state index contributed by atoms with van der Waals surface area (Å²) in [4.78, 5) is 14.3. The number of aromatic carboxylic acids is 1. The molecular formula is C12H10F2N2O2. The van der Waals surface area contributed by atoms with Crippen LogP contribution in [0.3, 0.4) is 0 Å². The molecule has 4 nitrogen and oxygen atoms in total. The van der Waals surface area contributed by atoms with E-state index in [1.807, 2.05) is 0 Å². The van der Waals surface area contributed by atoms with Crippen LogP contribution in [0, 0.1) is 0 Å². The van der Waals surface area contributed by atoms with Gasteiger partial charge in [0.1, 0.15) is 0 Å². The van der Waals surface area contributed by atoms with E-state index in [0.29, 0.717) is 0 Å². The first kappa shape index (κ1) is 12.2. The Morgan fingerprint density at radius 1 is 1.33 bits per heavy atom. The van der Waals surface area contributed by atoms with E-state index in [1.165, 1.54) is 24.0 Å².